The van der Waals surface area contributed by atoms with Gasteiger partial charge in [-0.1, -0.05) is 292 Å². The Morgan fingerprint density at radius 1 is 0.276 bits per heavy atom. The van der Waals surface area contributed by atoms with Gasteiger partial charge in [-0.25, -0.2) is 0 Å². The lowest BCUT2D eigenvalue weighted by molar-refractivity contribution is -0.167. The largest absolute Gasteiger partial charge is 0.462 e. The Morgan fingerprint density at radius 2 is 0.513 bits per heavy atom. The minimum absolute atomic E-state index is 0.0816. The van der Waals surface area contributed by atoms with Crippen LogP contribution in [0.25, 0.3) is 0 Å². The van der Waals surface area contributed by atoms with Crippen molar-refractivity contribution in [2.45, 2.75) is 329 Å². The van der Waals surface area contributed by atoms with Crippen LogP contribution in [0.5, 0.6) is 0 Å². The predicted molar refractivity (Wildman–Crippen MR) is 330 cm³/mol. The molecular weight excluding hydrogens is 937 g/mol. The van der Waals surface area contributed by atoms with Crippen LogP contribution in [0.15, 0.2) is 85.1 Å². The van der Waals surface area contributed by atoms with Gasteiger partial charge in [0.25, 0.3) is 0 Å². The van der Waals surface area contributed by atoms with Gasteiger partial charge in [-0.05, 0) is 96.3 Å². The minimum Gasteiger partial charge on any atom is -0.462 e. The molecule has 0 rings (SSSR count). The normalized spacial score (nSPS) is 12.6. The molecule has 0 saturated carbocycles. The number of allylic oxidation sites excluding steroid dienone is 14. The summed E-state index contributed by atoms with van der Waals surface area (Å²) in [5.74, 6) is -0.885. The highest BCUT2D eigenvalue weighted by Gasteiger charge is 2.19. The second-order valence-electron chi connectivity index (χ2n) is 21.6. The Kier molecular flexibility index (Phi) is 61.2. The molecule has 0 amide bonds. The van der Waals surface area contributed by atoms with Gasteiger partial charge in [0.15, 0.2) is 6.10 Å². The van der Waals surface area contributed by atoms with Crippen molar-refractivity contribution in [3.63, 3.8) is 0 Å². The van der Waals surface area contributed by atoms with E-state index in [1.165, 1.54) is 167 Å². The zero-order valence-corrected chi connectivity index (χ0v) is 50.3. The van der Waals surface area contributed by atoms with Crippen LogP contribution in [0.2, 0.25) is 0 Å². The Hall–Kier alpha value is -3.41. The van der Waals surface area contributed by atoms with E-state index in [-0.39, 0.29) is 31.1 Å². The molecule has 1 atom stereocenters. The van der Waals surface area contributed by atoms with Crippen molar-refractivity contribution in [3.05, 3.63) is 85.1 Å². The van der Waals surface area contributed by atoms with E-state index >= 15 is 0 Å². The second-order valence-corrected chi connectivity index (χ2v) is 21.6. The van der Waals surface area contributed by atoms with E-state index in [0.717, 1.165) is 116 Å². The molecule has 0 fully saturated rings. The van der Waals surface area contributed by atoms with Gasteiger partial charge >= 0.3 is 17.9 Å². The lowest BCUT2D eigenvalue weighted by Gasteiger charge is -2.18. The Labute approximate surface area is 471 Å². The highest BCUT2D eigenvalue weighted by atomic mass is 16.6. The third-order valence-electron chi connectivity index (χ3n) is 14.1. The van der Waals surface area contributed by atoms with E-state index in [4.69, 9.17) is 14.2 Å². The number of hydrogen-bond acceptors (Lipinski definition) is 6. The molecular formula is C70H122O6. The molecule has 0 aliphatic rings. The molecule has 76 heavy (non-hydrogen) atoms. The maximum Gasteiger partial charge on any atom is 0.306 e. The first-order valence-corrected chi connectivity index (χ1v) is 32.6. The first-order chi connectivity index (χ1) is 37.5. The summed E-state index contributed by atoms with van der Waals surface area (Å²) in [4.78, 5) is 38.4. The van der Waals surface area contributed by atoms with Crippen molar-refractivity contribution < 1.29 is 28.6 Å². The quantitative estimate of drug-likeness (QED) is 0.0261. The van der Waals surface area contributed by atoms with Gasteiger partial charge in [-0.15, -0.1) is 0 Å². The SMILES string of the molecule is CC/C=C\C/C=C\C/C=C\C/C=C\C/C=C\CCCCCCCCCCCC(=O)OCC(COC(=O)CCCCCCC/C=C\C/C=C\CCCCCC)OC(=O)CCCCCCCCCCCCCCCCCCC. The van der Waals surface area contributed by atoms with E-state index in [0.29, 0.717) is 19.3 Å². The smallest absolute Gasteiger partial charge is 0.306 e. The molecule has 0 aromatic carbocycles. The number of ether oxygens (including phenoxy) is 3. The summed E-state index contributed by atoms with van der Waals surface area (Å²) in [5.41, 5.74) is 0. The zero-order chi connectivity index (χ0) is 55.0. The monoisotopic (exact) mass is 1060 g/mol. The van der Waals surface area contributed by atoms with E-state index < -0.39 is 6.10 Å². The lowest BCUT2D eigenvalue weighted by atomic mass is 10.0. The van der Waals surface area contributed by atoms with E-state index in [9.17, 15) is 14.4 Å². The van der Waals surface area contributed by atoms with E-state index in [1.807, 2.05) is 0 Å². The van der Waals surface area contributed by atoms with Crippen LogP contribution in [-0.4, -0.2) is 37.2 Å². The fraction of sp³-hybridized carbons (Fsp3) is 0.757. The Bertz CT molecular complexity index is 1450. The summed E-state index contributed by atoms with van der Waals surface area (Å²) >= 11 is 0. The first kappa shape index (κ1) is 72.6. The molecule has 0 N–H and O–H groups in total. The molecule has 6 nitrogen and oxygen atoms in total. The van der Waals surface area contributed by atoms with Crippen LogP contribution < -0.4 is 0 Å². The molecule has 0 spiro atoms. The molecule has 0 heterocycles. The number of carbonyl (C=O) groups is 3. The van der Waals surface area contributed by atoms with Crippen LogP contribution in [0.3, 0.4) is 0 Å². The molecule has 0 bridgehead atoms. The van der Waals surface area contributed by atoms with Crippen LogP contribution >= 0.6 is 0 Å². The summed E-state index contributed by atoms with van der Waals surface area (Å²) in [6.45, 7) is 6.53. The second kappa shape index (κ2) is 64.1. The fourth-order valence-electron chi connectivity index (χ4n) is 9.27. The van der Waals surface area contributed by atoms with Crippen LogP contribution in [-0.2, 0) is 28.6 Å². The fourth-order valence-corrected chi connectivity index (χ4v) is 9.27. The van der Waals surface area contributed by atoms with E-state index in [1.54, 1.807) is 0 Å². The highest BCUT2D eigenvalue weighted by molar-refractivity contribution is 5.71. The van der Waals surface area contributed by atoms with Gasteiger partial charge in [0.1, 0.15) is 13.2 Å². The van der Waals surface area contributed by atoms with Gasteiger partial charge in [0.2, 0.25) is 0 Å². The maximum atomic E-state index is 12.9. The van der Waals surface area contributed by atoms with Crippen molar-refractivity contribution in [3.8, 4) is 0 Å². The molecule has 0 aromatic rings. The van der Waals surface area contributed by atoms with Gasteiger partial charge in [0, 0.05) is 19.3 Å². The lowest BCUT2D eigenvalue weighted by Crippen LogP contribution is -2.30. The minimum atomic E-state index is -0.785. The summed E-state index contributed by atoms with van der Waals surface area (Å²) in [7, 11) is 0. The van der Waals surface area contributed by atoms with Crippen molar-refractivity contribution in [2.24, 2.45) is 0 Å². The maximum absolute atomic E-state index is 12.9. The molecule has 0 aromatic heterocycles. The number of carbonyl (C=O) groups excluding carboxylic acids is 3. The molecule has 0 radical (unpaired) electrons. The van der Waals surface area contributed by atoms with Gasteiger partial charge in [-0.2, -0.15) is 0 Å². The number of hydrogen-bond donors (Lipinski definition) is 0. The first-order valence-electron chi connectivity index (χ1n) is 32.6. The summed E-state index contributed by atoms with van der Waals surface area (Å²) in [6.07, 6.45) is 84.4. The highest BCUT2D eigenvalue weighted by Crippen LogP contribution is 2.17. The van der Waals surface area contributed by atoms with Gasteiger partial charge in [0.05, 0.1) is 0 Å². The average Bonchev–Trinajstić information content (AvgIpc) is 3.42. The molecule has 0 aliphatic carbocycles. The number of unbranched alkanes of at least 4 members (excludes halogenated alkanes) is 34. The summed E-state index contributed by atoms with van der Waals surface area (Å²) in [5, 5.41) is 0. The topological polar surface area (TPSA) is 78.9 Å². The standard InChI is InChI=1S/C70H122O6/c1-4-7-10-13-16-19-22-25-28-31-32-33-34-35-36-37-38-40-42-45-48-51-54-57-60-63-69(72)75-66-67(65-74-68(71)62-59-56-53-50-47-44-41-30-27-24-21-18-15-12-9-6-3)76-70(73)64-61-58-55-52-49-46-43-39-29-26-23-20-17-14-11-8-5-2/h7,10,16,19,21,24-25,28,30,32-33,35-36,41,67H,4-6,8-9,11-15,17-18,20,22-23,26-27,29,31,34,37-40,42-66H2,1-3H3/b10-7-,19-16-,24-21-,28-25-,33-32-,36-35-,41-30-. The van der Waals surface area contributed by atoms with Crippen LogP contribution in [0.4, 0.5) is 0 Å². The van der Waals surface area contributed by atoms with Crippen molar-refractivity contribution in [2.75, 3.05) is 13.2 Å². The third-order valence-corrected chi connectivity index (χ3v) is 14.1. The van der Waals surface area contributed by atoms with Crippen molar-refractivity contribution in [1.82, 2.24) is 0 Å². The average molecular weight is 1060 g/mol. The van der Waals surface area contributed by atoms with Crippen LogP contribution in [0, 0.1) is 0 Å². The Balaban J connectivity index is 4.35. The van der Waals surface area contributed by atoms with Gasteiger partial charge < -0.3 is 14.2 Å². The summed E-state index contributed by atoms with van der Waals surface area (Å²) in [6, 6.07) is 0. The molecule has 0 saturated heterocycles. The van der Waals surface area contributed by atoms with Crippen LogP contribution in [0.1, 0.15) is 323 Å². The number of esters is 3. The predicted octanol–water partition coefficient (Wildman–Crippen LogP) is 22.3. The zero-order valence-electron chi connectivity index (χ0n) is 50.3. The summed E-state index contributed by atoms with van der Waals surface area (Å²) < 4.78 is 16.9. The van der Waals surface area contributed by atoms with E-state index in [2.05, 4.69) is 106 Å². The van der Waals surface area contributed by atoms with Crippen molar-refractivity contribution >= 4 is 17.9 Å². The Morgan fingerprint density at radius 3 is 0.816 bits per heavy atom. The third kappa shape index (κ3) is 61.4. The number of rotatable bonds is 59. The molecule has 1 unspecified atom stereocenters. The molecule has 6 heteroatoms. The van der Waals surface area contributed by atoms with Crippen molar-refractivity contribution in [1.29, 1.82) is 0 Å². The molecule has 438 valence electrons. The molecule has 0 aliphatic heterocycles. The van der Waals surface area contributed by atoms with Gasteiger partial charge in [-0.3, -0.25) is 14.4 Å².